The van der Waals surface area contributed by atoms with E-state index in [2.05, 4.69) is 95.7 Å². The smallest absolute Gasteiger partial charge is 0.428 e. The molecule has 0 aliphatic heterocycles. The van der Waals surface area contributed by atoms with Gasteiger partial charge in [-0.15, -0.1) is 11.6 Å². The Hall–Kier alpha value is -2.11. The average molecular weight is 561 g/mol. The van der Waals surface area contributed by atoms with Crippen molar-refractivity contribution >= 4 is 50.3 Å². The third-order valence-corrected chi connectivity index (χ3v) is 8.56. The van der Waals surface area contributed by atoms with Gasteiger partial charge in [0.25, 0.3) is 0 Å². The highest BCUT2D eigenvalue weighted by molar-refractivity contribution is 7.99. The number of alkyl halides is 3. The lowest BCUT2D eigenvalue weighted by Gasteiger charge is -2.17. The number of carbonyl (C=O) groups excluding carboxylic acids is 1. The summed E-state index contributed by atoms with van der Waals surface area (Å²) < 4.78 is 58.9. The minimum absolute atomic E-state index is 0.0146. The van der Waals surface area contributed by atoms with Crippen LogP contribution < -0.4 is 0 Å². The zero-order valence-electron chi connectivity index (χ0n) is 18.4. The highest BCUT2D eigenvalue weighted by atomic mass is 35.5. The maximum absolute atomic E-state index is 12.5. The second-order valence-corrected chi connectivity index (χ2v) is 11.7. The molecular formula is C24H23ClF2O5S3. The molecule has 0 unspecified atom stereocenters. The Bertz CT molecular complexity index is 1040. The summed E-state index contributed by atoms with van der Waals surface area (Å²) >= 11 is 6.54. The minimum atomic E-state index is -6.03. The van der Waals surface area contributed by atoms with Gasteiger partial charge in [-0.2, -0.15) is 20.5 Å². The lowest BCUT2D eigenvalue weighted by Crippen LogP contribution is -2.39. The Morgan fingerprint density at radius 1 is 0.857 bits per heavy atom. The molecule has 188 valence electrons. The van der Waals surface area contributed by atoms with Crippen LogP contribution in [-0.4, -0.2) is 48.2 Å². The Morgan fingerprint density at radius 2 is 1.26 bits per heavy atom. The second-order valence-electron chi connectivity index (χ2n) is 6.65. The lowest BCUT2D eigenvalue weighted by atomic mass is 10.4. The van der Waals surface area contributed by atoms with E-state index in [4.69, 9.17) is 11.6 Å². The highest BCUT2D eigenvalue weighted by Gasteiger charge is 2.48. The van der Waals surface area contributed by atoms with Gasteiger partial charge < -0.3 is 9.29 Å². The normalized spacial score (nSPS) is 11.5. The summed E-state index contributed by atoms with van der Waals surface area (Å²) in [6.07, 6.45) is 0. The zero-order valence-corrected chi connectivity index (χ0v) is 21.6. The molecule has 0 heterocycles. The van der Waals surface area contributed by atoms with Crippen LogP contribution in [0.15, 0.2) is 106 Å². The number of halogens is 3. The van der Waals surface area contributed by atoms with Gasteiger partial charge in [-0.05, 0) is 36.4 Å². The van der Waals surface area contributed by atoms with Crippen molar-refractivity contribution in [2.45, 2.75) is 19.9 Å². The number of benzene rings is 3. The van der Waals surface area contributed by atoms with Gasteiger partial charge in [0.05, 0.1) is 10.9 Å². The third-order valence-electron chi connectivity index (χ3n) is 4.17. The van der Waals surface area contributed by atoms with Gasteiger partial charge in [0.15, 0.2) is 24.8 Å². The van der Waals surface area contributed by atoms with E-state index in [1.165, 1.54) is 26.4 Å². The SMILES string of the molecule is O=C(OCCSCCCl)C(F)(F)S(=O)(=O)[O-].c1ccc([S+](c2ccccc2)c2ccccc2)cc1. The fourth-order valence-electron chi connectivity index (χ4n) is 2.61. The quantitative estimate of drug-likeness (QED) is 0.108. The largest absolute Gasteiger partial charge is 0.743 e. The predicted octanol–water partition coefficient (Wildman–Crippen LogP) is 5.42. The number of hydrogen-bond acceptors (Lipinski definition) is 6. The summed E-state index contributed by atoms with van der Waals surface area (Å²) in [6.45, 7) is -0.411. The summed E-state index contributed by atoms with van der Waals surface area (Å²) in [6, 6.07) is 32.2. The van der Waals surface area contributed by atoms with Crippen molar-refractivity contribution < 1.29 is 31.3 Å². The number of thioether (sulfide) groups is 1. The van der Waals surface area contributed by atoms with E-state index in [1.807, 2.05) is 0 Å². The number of ether oxygens (including phenoxy) is 1. The summed E-state index contributed by atoms with van der Waals surface area (Å²) in [5, 5.41) is -5.04. The van der Waals surface area contributed by atoms with Crippen molar-refractivity contribution in [3.63, 3.8) is 0 Å². The molecule has 5 nitrogen and oxygen atoms in total. The molecule has 0 amide bonds. The summed E-state index contributed by atoms with van der Waals surface area (Å²) in [5.41, 5.74) is 0. The van der Waals surface area contributed by atoms with Gasteiger partial charge in [0.2, 0.25) is 0 Å². The molecular weight excluding hydrogens is 538 g/mol. The van der Waals surface area contributed by atoms with Crippen LogP contribution in [0, 0.1) is 0 Å². The molecule has 0 saturated heterocycles. The second kappa shape index (κ2) is 14.4. The third kappa shape index (κ3) is 9.12. The van der Waals surface area contributed by atoms with Gasteiger partial charge in [-0.25, -0.2) is 13.2 Å². The molecule has 11 heteroatoms. The predicted molar refractivity (Wildman–Crippen MR) is 135 cm³/mol. The van der Waals surface area contributed by atoms with Crippen LogP contribution in [0.3, 0.4) is 0 Å². The van der Waals surface area contributed by atoms with Gasteiger partial charge >= 0.3 is 11.2 Å². The zero-order chi connectivity index (χ0) is 25.7. The van der Waals surface area contributed by atoms with Crippen LogP contribution in [0.1, 0.15) is 0 Å². The summed E-state index contributed by atoms with van der Waals surface area (Å²) in [5.74, 6) is -1.28. The van der Waals surface area contributed by atoms with Crippen LogP contribution in [0.2, 0.25) is 0 Å². The van der Waals surface area contributed by atoms with E-state index in [9.17, 15) is 26.5 Å². The molecule has 0 bridgehead atoms. The molecule has 0 N–H and O–H groups in total. The summed E-state index contributed by atoms with van der Waals surface area (Å²) in [4.78, 5) is 14.6. The first-order chi connectivity index (χ1) is 16.7. The fourth-order valence-corrected chi connectivity index (χ4v) is 5.82. The van der Waals surface area contributed by atoms with Gasteiger partial charge in [-0.1, -0.05) is 54.6 Å². The molecule has 0 fully saturated rings. The van der Waals surface area contributed by atoms with Crippen LogP contribution >= 0.6 is 23.4 Å². The number of hydrogen-bond donors (Lipinski definition) is 0. The first-order valence-electron chi connectivity index (χ1n) is 10.2. The standard InChI is InChI=1S/C18H15S.C6H9ClF2O5S2/c1-4-10-16(11-5-1)19(17-12-6-2-7-13-17)18-14-8-3-9-15-18;7-1-3-15-4-2-14-5(10)6(8,9)16(11,12)13/h1-15H;1-4H2,(H,11,12,13)/q+1;/p-1. The molecule has 0 saturated carbocycles. The topological polar surface area (TPSA) is 83.5 Å². The minimum Gasteiger partial charge on any atom is -0.743 e. The maximum atomic E-state index is 12.5. The Balaban J connectivity index is 0.000000252. The maximum Gasteiger partial charge on any atom is 0.428 e. The molecule has 0 radical (unpaired) electrons. The van der Waals surface area contributed by atoms with Gasteiger partial charge in [0.1, 0.15) is 6.61 Å². The van der Waals surface area contributed by atoms with Crippen LogP contribution in [0.25, 0.3) is 0 Å². The van der Waals surface area contributed by atoms with E-state index >= 15 is 0 Å². The van der Waals surface area contributed by atoms with Crippen molar-refractivity contribution in [1.29, 1.82) is 0 Å². The molecule has 0 aromatic heterocycles. The Morgan fingerprint density at radius 3 is 1.60 bits per heavy atom. The molecule has 3 aromatic carbocycles. The van der Waals surface area contributed by atoms with E-state index < -0.39 is 27.9 Å². The molecule has 0 spiro atoms. The van der Waals surface area contributed by atoms with Crippen molar-refractivity contribution in [2.24, 2.45) is 0 Å². The van der Waals surface area contributed by atoms with Gasteiger partial charge in [-0.3, -0.25) is 0 Å². The van der Waals surface area contributed by atoms with Crippen molar-refractivity contribution in [2.75, 3.05) is 24.0 Å². The van der Waals surface area contributed by atoms with Crippen molar-refractivity contribution in [3.05, 3.63) is 91.0 Å². The lowest BCUT2D eigenvalue weighted by molar-refractivity contribution is -0.160. The van der Waals surface area contributed by atoms with Crippen LogP contribution in [0.4, 0.5) is 8.78 Å². The first-order valence-corrected chi connectivity index (χ1v) is 14.5. The molecule has 3 aromatic rings. The van der Waals surface area contributed by atoms with Crippen molar-refractivity contribution in [1.82, 2.24) is 0 Å². The van der Waals surface area contributed by atoms with Crippen LogP contribution in [0.5, 0.6) is 0 Å². The average Bonchev–Trinajstić information content (AvgIpc) is 2.86. The van der Waals surface area contributed by atoms with E-state index in [0.29, 0.717) is 11.6 Å². The van der Waals surface area contributed by atoms with E-state index in [1.54, 1.807) is 0 Å². The van der Waals surface area contributed by atoms with Crippen molar-refractivity contribution in [3.8, 4) is 0 Å². The Labute approximate surface area is 215 Å². The summed E-state index contributed by atoms with van der Waals surface area (Å²) in [7, 11) is -6.05. The molecule has 0 aliphatic rings. The highest BCUT2D eigenvalue weighted by Crippen LogP contribution is 2.30. The van der Waals surface area contributed by atoms with E-state index in [0.717, 1.165) is 0 Å². The number of rotatable bonds is 10. The number of esters is 1. The van der Waals surface area contributed by atoms with Gasteiger partial charge in [0, 0.05) is 17.4 Å². The van der Waals surface area contributed by atoms with E-state index in [-0.39, 0.29) is 16.6 Å². The first kappa shape index (κ1) is 29.1. The molecule has 0 aliphatic carbocycles. The molecule has 0 atom stereocenters. The number of carbonyl (C=O) groups is 1. The molecule has 35 heavy (non-hydrogen) atoms. The van der Waals surface area contributed by atoms with Crippen LogP contribution in [-0.2, 0) is 30.5 Å². The monoisotopic (exact) mass is 560 g/mol. The Kier molecular flexibility index (Phi) is 12.0. The fraction of sp³-hybridized carbons (Fsp3) is 0.208. The molecule has 3 rings (SSSR count).